The van der Waals surface area contributed by atoms with Crippen LogP contribution < -0.4 is 5.32 Å². The predicted molar refractivity (Wildman–Crippen MR) is 112 cm³/mol. The maximum atomic E-state index is 12.2. The molecule has 0 fully saturated rings. The van der Waals surface area contributed by atoms with Crippen LogP contribution in [0.3, 0.4) is 0 Å². The fraction of sp³-hybridized carbons (Fsp3) is 0.105. The Labute approximate surface area is 169 Å². The second-order valence-corrected chi connectivity index (χ2v) is 7.82. The van der Waals surface area contributed by atoms with Gasteiger partial charge in [0.2, 0.25) is 5.13 Å². The summed E-state index contributed by atoms with van der Waals surface area (Å²) in [6, 6.07) is 15.6. The van der Waals surface area contributed by atoms with Gasteiger partial charge in [0.05, 0.1) is 11.5 Å². The van der Waals surface area contributed by atoms with E-state index in [4.69, 9.17) is 0 Å². The lowest BCUT2D eigenvalue weighted by molar-refractivity contribution is -0.384. The highest BCUT2D eigenvalue weighted by Gasteiger charge is 2.11. The van der Waals surface area contributed by atoms with E-state index in [1.54, 1.807) is 11.8 Å². The molecule has 3 rings (SSSR count). The first-order valence-electron chi connectivity index (χ1n) is 8.31. The molecule has 2 aromatic carbocycles. The molecule has 3 aromatic rings. The van der Waals surface area contributed by atoms with Crippen LogP contribution in [0, 0.1) is 10.1 Å². The van der Waals surface area contributed by atoms with Crippen LogP contribution in [0.25, 0.3) is 6.08 Å². The Morgan fingerprint density at radius 1 is 1.14 bits per heavy atom. The number of anilines is 1. The molecule has 0 amide bonds. The number of hydrogen-bond acceptors (Lipinski definition) is 8. The number of Topliss-reactive ketones (excluding diaryl/α,β-unsaturated/α-hetero) is 1. The van der Waals surface area contributed by atoms with Gasteiger partial charge in [0, 0.05) is 23.4 Å². The molecule has 1 aromatic heterocycles. The number of aromatic nitrogens is 2. The summed E-state index contributed by atoms with van der Waals surface area (Å²) in [6.45, 7) is 0.0466. The third-order valence-electron chi connectivity index (χ3n) is 3.62. The zero-order valence-corrected chi connectivity index (χ0v) is 16.3. The summed E-state index contributed by atoms with van der Waals surface area (Å²) in [5.41, 5.74) is 1.51. The second kappa shape index (κ2) is 9.77. The Kier molecular flexibility index (Phi) is 6.88. The van der Waals surface area contributed by atoms with Gasteiger partial charge in [0.15, 0.2) is 10.1 Å². The fourth-order valence-electron chi connectivity index (χ4n) is 2.23. The van der Waals surface area contributed by atoms with Crippen molar-refractivity contribution in [3.63, 3.8) is 0 Å². The molecule has 28 heavy (non-hydrogen) atoms. The lowest BCUT2D eigenvalue weighted by Crippen LogP contribution is -2.13. The van der Waals surface area contributed by atoms with Gasteiger partial charge in [-0.25, -0.2) is 0 Å². The molecular formula is C19H16N4O3S2. The van der Waals surface area contributed by atoms with E-state index in [-0.39, 0.29) is 18.0 Å². The van der Waals surface area contributed by atoms with E-state index in [1.807, 2.05) is 30.3 Å². The van der Waals surface area contributed by atoms with Crippen LogP contribution in [-0.4, -0.2) is 33.2 Å². The maximum absolute atomic E-state index is 12.2. The quantitative estimate of drug-likeness (QED) is 0.238. The van der Waals surface area contributed by atoms with Gasteiger partial charge in [0.25, 0.3) is 5.69 Å². The second-order valence-electron chi connectivity index (χ2n) is 5.58. The number of benzene rings is 2. The molecule has 0 radical (unpaired) electrons. The van der Waals surface area contributed by atoms with Gasteiger partial charge in [-0.1, -0.05) is 65.6 Å². The van der Waals surface area contributed by atoms with Crippen molar-refractivity contribution in [2.45, 2.75) is 4.34 Å². The van der Waals surface area contributed by atoms with E-state index < -0.39 is 4.92 Å². The van der Waals surface area contributed by atoms with Gasteiger partial charge in [-0.05, 0) is 17.7 Å². The smallest absolute Gasteiger partial charge is 0.269 e. The minimum Gasteiger partial charge on any atom is -0.353 e. The average Bonchev–Trinajstić information content (AvgIpc) is 3.18. The minimum absolute atomic E-state index is 0.0448. The molecular weight excluding hydrogens is 396 g/mol. The molecule has 142 valence electrons. The van der Waals surface area contributed by atoms with Gasteiger partial charge >= 0.3 is 0 Å². The van der Waals surface area contributed by atoms with Crippen molar-refractivity contribution >= 4 is 45.8 Å². The van der Waals surface area contributed by atoms with Gasteiger partial charge in [-0.2, -0.15) is 0 Å². The molecule has 0 bridgehead atoms. The van der Waals surface area contributed by atoms with E-state index in [0.717, 1.165) is 15.7 Å². The predicted octanol–water partition coefficient (Wildman–Crippen LogP) is 4.55. The topological polar surface area (TPSA) is 98.0 Å². The number of carbonyl (C=O) groups excluding carboxylic acids is 1. The highest BCUT2D eigenvalue weighted by Crippen LogP contribution is 2.25. The van der Waals surface area contributed by atoms with Crippen LogP contribution in [0.4, 0.5) is 10.8 Å². The van der Waals surface area contributed by atoms with Crippen LogP contribution in [-0.2, 0) is 0 Å². The Balaban J connectivity index is 1.45. The molecule has 0 aliphatic rings. The highest BCUT2D eigenvalue weighted by atomic mass is 32.2. The monoisotopic (exact) mass is 412 g/mol. The van der Waals surface area contributed by atoms with Crippen LogP contribution >= 0.6 is 23.1 Å². The number of ketones is 1. The molecule has 0 saturated heterocycles. The normalized spacial score (nSPS) is 10.9. The summed E-state index contributed by atoms with van der Waals surface area (Å²) in [4.78, 5) is 22.3. The third kappa shape index (κ3) is 5.73. The van der Waals surface area contributed by atoms with Crippen molar-refractivity contribution < 1.29 is 9.72 Å². The van der Waals surface area contributed by atoms with Crippen LogP contribution in [0.2, 0.25) is 0 Å². The van der Waals surface area contributed by atoms with E-state index in [9.17, 15) is 14.9 Å². The Morgan fingerprint density at radius 2 is 1.89 bits per heavy atom. The van der Waals surface area contributed by atoms with Crippen LogP contribution in [0.1, 0.15) is 15.9 Å². The SMILES string of the molecule is O=C(CNc1nnc(SC/C=C/c2ccccc2)s1)c1ccc([N+](=O)[O-])cc1. The molecule has 0 spiro atoms. The first kappa shape index (κ1) is 19.7. The molecule has 7 nitrogen and oxygen atoms in total. The van der Waals surface area contributed by atoms with E-state index in [1.165, 1.54) is 35.6 Å². The summed E-state index contributed by atoms with van der Waals surface area (Å²) < 4.78 is 0.808. The summed E-state index contributed by atoms with van der Waals surface area (Å²) in [6.07, 6.45) is 4.11. The lowest BCUT2D eigenvalue weighted by atomic mass is 10.1. The number of nitro benzene ring substituents is 1. The minimum atomic E-state index is -0.498. The van der Waals surface area contributed by atoms with Crippen molar-refractivity contribution in [1.29, 1.82) is 0 Å². The maximum Gasteiger partial charge on any atom is 0.269 e. The number of nitro groups is 1. The number of hydrogen-bond donors (Lipinski definition) is 1. The Bertz CT molecular complexity index is 972. The number of carbonyl (C=O) groups is 1. The van der Waals surface area contributed by atoms with E-state index in [2.05, 4.69) is 27.7 Å². The van der Waals surface area contributed by atoms with Crippen LogP contribution in [0.15, 0.2) is 65.0 Å². The van der Waals surface area contributed by atoms with Gasteiger partial charge < -0.3 is 5.32 Å². The summed E-state index contributed by atoms with van der Waals surface area (Å²) >= 11 is 2.94. The average molecular weight is 412 g/mol. The molecule has 1 N–H and O–H groups in total. The van der Waals surface area contributed by atoms with Crippen molar-refractivity contribution in [2.75, 3.05) is 17.6 Å². The molecule has 0 unspecified atom stereocenters. The number of nitrogens with zero attached hydrogens (tertiary/aromatic N) is 3. The first-order valence-corrected chi connectivity index (χ1v) is 10.1. The fourth-order valence-corrected chi connectivity index (χ4v) is 3.82. The van der Waals surface area contributed by atoms with Gasteiger partial charge in [0.1, 0.15) is 0 Å². The standard InChI is InChI=1S/C19H16N4O3S2/c24-17(15-8-10-16(11-9-15)23(25)26)13-20-18-21-22-19(28-18)27-12-4-7-14-5-2-1-3-6-14/h1-11H,12-13H2,(H,20,21)/b7-4+. The molecule has 0 atom stereocenters. The van der Waals surface area contributed by atoms with Crippen molar-refractivity contribution in [3.05, 3.63) is 81.9 Å². The molecule has 0 saturated carbocycles. The molecule has 9 heteroatoms. The highest BCUT2D eigenvalue weighted by molar-refractivity contribution is 8.01. The van der Waals surface area contributed by atoms with Gasteiger partial charge in [-0.3, -0.25) is 14.9 Å². The van der Waals surface area contributed by atoms with Crippen molar-refractivity contribution in [1.82, 2.24) is 10.2 Å². The Morgan fingerprint density at radius 3 is 2.61 bits per heavy atom. The number of rotatable bonds is 9. The largest absolute Gasteiger partial charge is 0.353 e. The molecule has 0 aliphatic carbocycles. The number of nitrogens with one attached hydrogen (secondary N) is 1. The zero-order chi connectivity index (χ0) is 19.8. The molecule has 0 aliphatic heterocycles. The summed E-state index contributed by atoms with van der Waals surface area (Å²) in [5, 5.41) is 22.3. The number of non-ortho nitro benzene ring substituents is 1. The first-order chi connectivity index (χ1) is 13.6. The van der Waals surface area contributed by atoms with Crippen molar-refractivity contribution in [2.24, 2.45) is 0 Å². The van der Waals surface area contributed by atoms with E-state index >= 15 is 0 Å². The molecule has 1 heterocycles. The Hall–Kier alpha value is -3.04. The summed E-state index contributed by atoms with van der Waals surface area (Å²) in [5.74, 6) is 0.593. The zero-order valence-electron chi connectivity index (χ0n) is 14.6. The third-order valence-corrected chi connectivity index (χ3v) is 5.59. The van der Waals surface area contributed by atoms with Crippen LogP contribution in [0.5, 0.6) is 0 Å². The lowest BCUT2D eigenvalue weighted by Gasteiger charge is -2.01. The van der Waals surface area contributed by atoms with E-state index in [0.29, 0.717) is 10.7 Å². The van der Waals surface area contributed by atoms with Crippen molar-refractivity contribution in [3.8, 4) is 0 Å². The van der Waals surface area contributed by atoms with Gasteiger partial charge in [-0.15, -0.1) is 10.2 Å². The summed E-state index contributed by atoms with van der Waals surface area (Å²) in [7, 11) is 0. The number of thioether (sulfide) groups is 1.